The van der Waals surface area contributed by atoms with Crippen LogP contribution in [0.5, 0.6) is 11.5 Å². The van der Waals surface area contributed by atoms with Gasteiger partial charge >= 0.3 is 0 Å². The number of aromatic nitrogens is 2. The first kappa shape index (κ1) is 31.3. The molecule has 3 rings (SSSR count). The van der Waals surface area contributed by atoms with E-state index in [1.165, 1.54) is 23.5 Å². The number of amides is 1. The van der Waals surface area contributed by atoms with Crippen LogP contribution in [-0.4, -0.2) is 50.3 Å². The lowest BCUT2D eigenvalue weighted by Crippen LogP contribution is -2.46. The first-order chi connectivity index (χ1) is 18.2. The molecule has 39 heavy (non-hydrogen) atoms. The van der Waals surface area contributed by atoms with Crippen molar-refractivity contribution in [3.05, 3.63) is 46.2 Å². The van der Waals surface area contributed by atoms with Gasteiger partial charge in [-0.2, -0.15) is 0 Å². The summed E-state index contributed by atoms with van der Waals surface area (Å²) >= 11 is 14.1. The lowest BCUT2D eigenvalue weighted by Gasteiger charge is -2.37. The predicted octanol–water partition coefficient (Wildman–Crippen LogP) is 7.62. The SMILES string of the molecule is CC(C)Oc1ccc(-c2nnc(-c3cc(F)c(OC[C@@H](CO[Si](C)(C)C(C)(C)C)NC=O)cc3Cl)s2)cc1Cl. The molecule has 0 saturated carbocycles. The van der Waals surface area contributed by atoms with Crippen molar-refractivity contribution >= 4 is 49.3 Å². The highest BCUT2D eigenvalue weighted by molar-refractivity contribution is 7.18. The van der Waals surface area contributed by atoms with Gasteiger partial charge in [0.15, 0.2) is 19.9 Å². The van der Waals surface area contributed by atoms with Crippen molar-refractivity contribution in [3.8, 4) is 32.6 Å². The summed E-state index contributed by atoms with van der Waals surface area (Å²) in [5, 5.41) is 12.9. The number of hydrogen-bond acceptors (Lipinski definition) is 7. The average molecular weight is 615 g/mol. The number of halogens is 3. The Morgan fingerprint density at radius 2 is 1.74 bits per heavy atom. The largest absolute Gasteiger partial charge is 0.489 e. The topological polar surface area (TPSA) is 82.6 Å². The quantitative estimate of drug-likeness (QED) is 0.167. The third-order valence-electron chi connectivity index (χ3n) is 6.41. The van der Waals surface area contributed by atoms with Gasteiger partial charge < -0.3 is 19.2 Å². The highest BCUT2D eigenvalue weighted by Crippen LogP contribution is 2.39. The van der Waals surface area contributed by atoms with E-state index in [1.54, 1.807) is 12.1 Å². The van der Waals surface area contributed by atoms with Crippen molar-refractivity contribution in [2.45, 2.75) is 64.9 Å². The van der Waals surface area contributed by atoms with Gasteiger partial charge in [-0.15, -0.1) is 10.2 Å². The Balaban J connectivity index is 1.73. The van der Waals surface area contributed by atoms with Crippen molar-refractivity contribution in [2.24, 2.45) is 0 Å². The predicted molar refractivity (Wildman–Crippen MR) is 158 cm³/mol. The van der Waals surface area contributed by atoms with Crippen molar-refractivity contribution in [3.63, 3.8) is 0 Å². The molecule has 212 valence electrons. The van der Waals surface area contributed by atoms with Crippen LogP contribution in [0, 0.1) is 5.82 Å². The normalized spacial score (nSPS) is 12.9. The Morgan fingerprint density at radius 1 is 1.05 bits per heavy atom. The number of carbonyl (C=O) groups is 1. The average Bonchev–Trinajstić information content (AvgIpc) is 3.33. The van der Waals surface area contributed by atoms with Gasteiger partial charge in [0.2, 0.25) is 6.41 Å². The first-order valence-corrected chi connectivity index (χ1v) is 17.0. The van der Waals surface area contributed by atoms with Gasteiger partial charge in [-0.3, -0.25) is 4.79 Å². The maximum Gasteiger partial charge on any atom is 0.207 e. The second-order valence-corrected chi connectivity index (χ2v) is 17.5. The summed E-state index contributed by atoms with van der Waals surface area (Å²) in [6.07, 6.45) is 0.578. The number of nitrogens with one attached hydrogen (secondary N) is 1. The Hall–Kier alpha value is -2.24. The third kappa shape index (κ3) is 8.14. The smallest absolute Gasteiger partial charge is 0.207 e. The number of benzene rings is 2. The molecular formula is C27H34Cl2FN3O4SSi. The molecule has 0 aliphatic carbocycles. The van der Waals surface area contributed by atoms with Crippen molar-refractivity contribution in [1.82, 2.24) is 15.5 Å². The third-order valence-corrected chi connectivity index (χ3v) is 12.5. The second kappa shape index (κ2) is 12.9. The van der Waals surface area contributed by atoms with E-state index < -0.39 is 20.2 Å². The molecular weight excluding hydrogens is 580 g/mol. The van der Waals surface area contributed by atoms with Gasteiger partial charge in [0, 0.05) is 17.2 Å². The van der Waals surface area contributed by atoms with Gasteiger partial charge in [-0.1, -0.05) is 55.3 Å². The zero-order valence-electron chi connectivity index (χ0n) is 23.1. The number of hydrogen-bond donors (Lipinski definition) is 1. The zero-order valence-corrected chi connectivity index (χ0v) is 26.4. The van der Waals surface area contributed by atoms with E-state index in [4.69, 9.17) is 37.1 Å². The van der Waals surface area contributed by atoms with Gasteiger partial charge in [0.1, 0.15) is 22.4 Å². The molecule has 0 saturated heterocycles. The van der Waals surface area contributed by atoms with Gasteiger partial charge in [-0.25, -0.2) is 4.39 Å². The molecule has 1 atom stereocenters. The lowest BCUT2D eigenvalue weighted by molar-refractivity contribution is -0.110. The minimum atomic E-state index is -2.04. The number of carbonyl (C=O) groups excluding carboxylic acids is 1. The van der Waals surface area contributed by atoms with Crippen molar-refractivity contribution in [2.75, 3.05) is 13.2 Å². The summed E-state index contributed by atoms with van der Waals surface area (Å²) in [4.78, 5) is 11.1. The molecule has 0 unspecified atom stereocenters. The summed E-state index contributed by atoms with van der Waals surface area (Å²) in [7, 11) is -2.04. The lowest BCUT2D eigenvalue weighted by atomic mass is 10.2. The number of ether oxygens (including phenoxy) is 2. The first-order valence-electron chi connectivity index (χ1n) is 12.5. The van der Waals surface area contributed by atoms with E-state index in [0.29, 0.717) is 32.8 Å². The van der Waals surface area contributed by atoms with E-state index in [0.717, 1.165) is 5.56 Å². The highest BCUT2D eigenvalue weighted by Gasteiger charge is 2.37. The van der Waals surface area contributed by atoms with Crippen molar-refractivity contribution in [1.29, 1.82) is 0 Å². The Bertz CT molecular complexity index is 1300. The fourth-order valence-corrected chi connectivity index (χ4v) is 5.64. The maximum atomic E-state index is 15.0. The van der Waals surface area contributed by atoms with Crippen LogP contribution in [0.3, 0.4) is 0 Å². The van der Waals surface area contributed by atoms with Crippen molar-refractivity contribution < 1.29 is 23.1 Å². The summed E-state index contributed by atoms with van der Waals surface area (Å²) in [5.74, 6) is -0.0661. The Morgan fingerprint density at radius 3 is 2.36 bits per heavy atom. The van der Waals surface area contributed by atoms with Crippen LogP contribution in [0.15, 0.2) is 30.3 Å². The van der Waals surface area contributed by atoms with Crippen LogP contribution in [0.1, 0.15) is 34.6 Å². The Labute approximate surface area is 244 Å². The van der Waals surface area contributed by atoms with Crippen LogP contribution in [-0.2, 0) is 9.22 Å². The highest BCUT2D eigenvalue weighted by atomic mass is 35.5. The Kier molecular flexibility index (Phi) is 10.4. The maximum absolute atomic E-state index is 15.0. The van der Waals surface area contributed by atoms with Crippen LogP contribution in [0.25, 0.3) is 21.1 Å². The van der Waals surface area contributed by atoms with E-state index in [1.807, 2.05) is 19.9 Å². The second-order valence-electron chi connectivity index (χ2n) is 10.9. The molecule has 0 fully saturated rings. The van der Waals surface area contributed by atoms with Crippen LogP contribution in [0.2, 0.25) is 28.2 Å². The molecule has 12 heteroatoms. The molecule has 0 aliphatic rings. The van der Waals surface area contributed by atoms with Crippen LogP contribution in [0.4, 0.5) is 4.39 Å². The molecule has 1 amide bonds. The minimum absolute atomic E-state index is 0.00625. The monoisotopic (exact) mass is 613 g/mol. The van der Waals surface area contributed by atoms with Gasteiger partial charge in [0.25, 0.3) is 0 Å². The number of nitrogens with zero attached hydrogens (tertiary/aromatic N) is 2. The van der Waals surface area contributed by atoms with E-state index >= 15 is 4.39 Å². The van der Waals surface area contributed by atoms with Gasteiger partial charge in [0.05, 0.1) is 28.8 Å². The molecule has 3 aromatic rings. The molecule has 1 heterocycles. The molecule has 0 aliphatic heterocycles. The van der Waals surface area contributed by atoms with Crippen LogP contribution >= 0.6 is 34.5 Å². The van der Waals surface area contributed by atoms with Gasteiger partial charge in [-0.05, 0) is 56.2 Å². The minimum Gasteiger partial charge on any atom is -0.489 e. The summed E-state index contributed by atoms with van der Waals surface area (Å²) in [6, 6.07) is 7.58. The molecule has 2 aromatic carbocycles. The molecule has 0 spiro atoms. The van der Waals surface area contributed by atoms with E-state index in [9.17, 15) is 4.79 Å². The standard InChI is InChI=1S/C27H34Cl2FN3O4SSi/c1-16(2)37-23-9-8-17(10-21(23)29)25-32-33-26(38-25)19-11-22(30)24(12-20(19)28)35-13-18(31-15-34)14-36-39(6,7)27(3,4)5/h8-12,15-16,18H,13-14H2,1-7H3,(H,31,34)/t18-/m0/s1. The van der Waals surface area contributed by atoms with E-state index in [2.05, 4.69) is 49.4 Å². The number of rotatable bonds is 12. The van der Waals surface area contributed by atoms with E-state index in [-0.39, 0.29) is 35.1 Å². The zero-order chi connectivity index (χ0) is 29.0. The molecule has 0 radical (unpaired) electrons. The summed E-state index contributed by atoms with van der Waals surface area (Å²) in [6.45, 7) is 14.7. The fourth-order valence-electron chi connectivity index (χ4n) is 3.19. The molecule has 0 bridgehead atoms. The molecule has 7 nitrogen and oxygen atoms in total. The summed E-state index contributed by atoms with van der Waals surface area (Å²) in [5.41, 5.74) is 1.14. The molecule has 1 aromatic heterocycles. The molecule has 1 N–H and O–H groups in total. The summed E-state index contributed by atoms with van der Waals surface area (Å²) < 4.78 is 32.6. The van der Waals surface area contributed by atoms with Crippen LogP contribution < -0.4 is 14.8 Å². The fraction of sp³-hybridized carbons (Fsp3) is 0.444.